The van der Waals surface area contributed by atoms with Crippen molar-refractivity contribution in [2.45, 2.75) is 64.6 Å². The van der Waals surface area contributed by atoms with Crippen LogP contribution in [0.3, 0.4) is 0 Å². The largest absolute Gasteiger partial charge is 0.394 e. The maximum Gasteiger partial charge on any atom is 0.148 e. The van der Waals surface area contributed by atoms with E-state index in [1.54, 1.807) is 0 Å². The van der Waals surface area contributed by atoms with Crippen LogP contribution in [-0.2, 0) is 6.54 Å². The molecule has 0 spiro atoms. The van der Waals surface area contributed by atoms with E-state index in [1.165, 1.54) is 38.8 Å². The molecule has 1 aromatic rings. The number of piperidine rings is 1. The fraction of sp³-hybridized carbons (Fsp3) is 0.800. The van der Waals surface area contributed by atoms with Crippen molar-refractivity contribution in [3.63, 3.8) is 0 Å². The van der Waals surface area contributed by atoms with Gasteiger partial charge in [-0.2, -0.15) is 5.10 Å². The molecule has 2 saturated heterocycles. The smallest absolute Gasteiger partial charge is 0.148 e. The highest BCUT2D eigenvalue weighted by Crippen LogP contribution is 2.31. The van der Waals surface area contributed by atoms with Crippen LogP contribution in [0.25, 0.3) is 0 Å². The number of hydrogen-bond donors (Lipinski definition) is 2. The molecule has 5 nitrogen and oxygen atoms in total. The van der Waals surface area contributed by atoms with Crippen LogP contribution in [-0.4, -0.2) is 39.9 Å². The first-order chi connectivity index (χ1) is 9.70. The molecule has 112 valence electrons. The van der Waals surface area contributed by atoms with Crippen molar-refractivity contribution in [1.82, 2.24) is 14.7 Å². The monoisotopic (exact) mass is 277 g/mol. The van der Waals surface area contributed by atoms with Crippen LogP contribution in [0.5, 0.6) is 0 Å². The van der Waals surface area contributed by atoms with Crippen molar-refractivity contribution >= 4 is 11.5 Å². The highest BCUT2D eigenvalue weighted by atomic mass is 15.4. The molecule has 3 rings (SSSR count). The highest BCUT2D eigenvalue weighted by molar-refractivity contribution is 5.65. The Morgan fingerprint density at radius 1 is 1.30 bits per heavy atom. The second-order valence-electron chi connectivity index (χ2n) is 6.21. The molecule has 0 aliphatic carbocycles. The van der Waals surface area contributed by atoms with Gasteiger partial charge in [0.15, 0.2) is 0 Å². The fourth-order valence-electron chi connectivity index (χ4n) is 3.71. The van der Waals surface area contributed by atoms with Gasteiger partial charge in [0.05, 0.1) is 11.4 Å². The second kappa shape index (κ2) is 5.64. The SMILES string of the molecule is CCCn1nc(C)c(N)c1NC1CCN2CCCCC12. The average molecular weight is 277 g/mol. The van der Waals surface area contributed by atoms with E-state index >= 15 is 0 Å². The molecule has 20 heavy (non-hydrogen) atoms. The van der Waals surface area contributed by atoms with Gasteiger partial charge in [0.2, 0.25) is 0 Å². The minimum atomic E-state index is 0.532. The highest BCUT2D eigenvalue weighted by Gasteiger charge is 2.36. The van der Waals surface area contributed by atoms with Gasteiger partial charge in [0, 0.05) is 25.2 Å². The van der Waals surface area contributed by atoms with Gasteiger partial charge in [-0.25, -0.2) is 4.68 Å². The van der Waals surface area contributed by atoms with Gasteiger partial charge in [-0.3, -0.25) is 4.90 Å². The molecular weight excluding hydrogens is 250 g/mol. The van der Waals surface area contributed by atoms with Crippen molar-refractivity contribution in [1.29, 1.82) is 0 Å². The van der Waals surface area contributed by atoms with Crippen molar-refractivity contribution in [2.75, 3.05) is 24.1 Å². The van der Waals surface area contributed by atoms with Crippen LogP contribution < -0.4 is 11.1 Å². The molecule has 2 aliphatic heterocycles. The molecule has 5 heteroatoms. The summed E-state index contributed by atoms with van der Waals surface area (Å²) >= 11 is 0. The summed E-state index contributed by atoms with van der Waals surface area (Å²) in [6, 6.07) is 1.22. The number of anilines is 2. The van der Waals surface area contributed by atoms with Gasteiger partial charge in [-0.05, 0) is 39.2 Å². The molecule has 1 aromatic heterocycles. The number of nitrogens with zero attached hydrogens (tertiary/aromatic N) is 3. The third kappa shape index (κ3) is 2.39. The van der Waals surface area contributed by atoms with Crippen molar-refractivity contribution in [2.24, 2.45) is 0 Å². The molecule has 2 unspecified atom stereocenters. The number of nitrogens with one attached hydrogen (secondary N) is 1. The minimum Gasteiger partial charge on any atom is -0.394 e. The Morgan fingerprint density at radius 3 is 2.95 bits per heavy atom. The zero-order chi connectivity index (χ0) is 14.1. The molecule has 3 heterocycles. The molecular formula is C15H27N5. The number of aromatic nitrogens is 2. The van der Waals surface area contributed by atoms with Gasteiger partial charge < -0.3 is 11.1 Å². The van der Waals surface area contributed by atoms with Crippen LogP contribution in [0.2, 0.25) is 0 Å². The first kappa shape index (κ1) is 13.7. The summed E-state index contributed by atoms with van der Waals surface area (Å²) < 4.78 is 2.05. The number of aryl methyl sites for hydroxylation is 2. The van der Waals surface area contributed by atoms with E-state index < -0.39 is 0 Å². The van der Waals surface area contributed by atoms with Crippen LogP contribution >= 0.6 is 0 Å². The summed E-state index contributed by atoms with van der Waals surface area (Å²) in [7, 11) is 0. The predicted octanol–water partition coefficient (Wildman–Crippen LogP) is 2.22. The van der Waals surface area contributed by atoms with Gasteiger partial charge in [-0.15, -0.1) is 0 Å². The molecule has 2 fully saturated rings. The maximum absolute atomic E-state index is 6.22. The Balaban J connectivity index is 1.77. The Kier molecular flexibility index (Phi) is 3.87. The molecule has 0 bridgehead atoms. The third-order valence-electron chi connectivity index (χ3n) is 4.79. The van der Waals surface area contributed by atoms with E-state index in [0.29, 0.717) is 12.1 Å². The molecule has 0 radical (unpaired) electrons. The minimum absolute atomic E-state index is 0.532. The summed E-state index contributed by atoms with van der Waals surface area (Å²) in [5.74, 6) is 1.04. The second-order valence-corrected chi connectivity index (χ2v) is 6.21. The standard InChI is InChI=1S/C15H27N5/c1-3-8-20-15(14(16)11(2)18-20)17-12-7-10-19-9-5-4-6-13(12)19/h12-13,17H,3-10,16H2,1-2H3. The Hall–Kier alpha value is -1.23. The van der Waals surface area contributed by atoms with E-state index in [-0.39, 0.29) is 0 Å². The number of nitrogens with two attached hydrogens (primary N) is 1. The fourth-order valence-corrected chi connectivity index (χ4v) is 3.71. The number of fused-ring (bicyclic) bond motifs is 1. The number of rotatable bonds is 4. The first-order valence-corrected chi connectivity index (χ1v) is 8.04. The van der Waals surface area contributed by atoms with Crippen molar-refractivity contribution < 1.29 is 0 Å². The summed E-state index contributed by atoms with van der Waals surface area (Å²) in [5.41, 5.74) is 7.99. The summed E-state index contributed by atoms with van der Waals surface area (Å²) in [4.78, 5) is 2.64. The topological polar surface area (TPSA) is 59.1 Å². The van der Waals surface area contributed by atoms with Crippen molar-refractivity contribution in [3.05, 3.63) is 5.69 Å². The zero-order valence-electron chi connectivity index (χ0n) is 12.7. The van der Waals surface area contributed by atoms with E-state index in [1.807, 2.05) is 6.92 Å². The van der Waals surface area contributed by atoms with Crippen molar-refractivity contribution in [3.8, 4) is 0 Å². The molecule has 2 atom stereocenters. The molecule has 3 N–H and O–H groups in total. The lowest BCUT2D eigenvalue weighted by atomic mass is 9.99. The van der Waals surface area contributed by atoms with Gasteiger partial charge >= 0.3 is 0 Å². The summed E-state index contributed by atoms with van der Waals surface area (Å²) in [5, 5.41) is 8.28. The Morgan fingerprint density at radius 2 is 2.15 bits per heavy atom. The van der Waals surface area contributed by atoms with E-state index in [0.717, 1.165) is 30.2 Å². The van der Waals surface area contributed by atoms with E-state index in [4.69, 9.17) is 5.73 Å². The molecule has 2 aliphatic rings. The number of hydrogen-bond acceptors (Lipinski definition) is 4. The maximum atomic E-state index is 6.22. The lowest BCUT2D eigenvalue weighted by Gasteiger charge is -2.33. The quantitative estimate of drug-likeness (QED) is 0.886. The average Bonchev–Trinajstić information content (AvgIpc) is 2.97. The Bertz CT molecular complexity index is 467. The van der Waals surface area contributed by atoms with Crippen LogP contribution in [0.4, 0.5) is 11.5 Å². The molecule has 0 saturated carbocycles. The summed E-state index contributed by atoms with van der Waals surface area (Å²) in [6.45, 7) is 7.60. The lowest BCUT2D eigenvalue weighted by molar-refractivity contribution is 0.192. The summed E-state index contributed by atoms with van der Waals surface area (Å²) in [6.07, 6.45) is 6.34. The van der Waals surface area contributed by atoms with Crippen LogP contribution in [0, 0.1) is 6.92 Å². The molecule has 0 amide bonds. The zero-order valence-corrected chi connectivity index (χ0v) is 12.7. The van der Waals surface area contributed by atoms with Crippen LogP contribution in [0.1, 0.15) is 44.7 Å². The normalized spacial score (nSPS) is 26.7. The van der Waals surface area contributed by atoms with E-state index in [2.05, 4.69) is 26.9 Å². The van der Waals surface area contributed by atoms with Crippen LogP contribution in [0.15, 0.2) is 0 Å². The van der Waals surface area contributed by atoms with Gasteiger partial charge in [0.1, 0.15) is 5.82 Å². The number of nitrogen functional groups attached to an aromatic ring is 1. The predicted molar refractivity (Wildman–Crippen MR) is 82.9 cm³/mol. The van der Waals surface area contributed by atoms with Gasteiger partial charge in [-0.1, -0.05) is 13.3 Å². The molecule has 0 aromatic carbocycles. The third-order valence-corrected chi connectivity index (χ3v) is 4.79. The Labute approximate surface area is 121 Å². The first-order valence-electron chi connectivity index (χ1n) is 8.04. The lowest BCUT2D eigenvalue weighted by Crippen LogP contribution is -2.42. The van der Waals surface area contributed by atoms with Gasteiger partial charge in [0.25, 0.3) is 0 Å². The van der Waals surface area contributed by atoms with E-state index in [9.17, 15) is 0 Å².